The Morgan fingerprint density at radius 2 is 2.06 bits per heavy atom. The minimum absolute atomic E-state index is 0.0294. The van der Waals surface area contributed by atoms with Crippen molar-refractivity contribution in [3.8, 4) is 5.75 Å². The van der Waals surface area contributed by atoms with Crippen molar-refractivity contribution in [1.82, 2.24) is 5.32 Å². The van der Waals surface area contributed by atoms with E-state index in [0.717, 1.165) is 11.3 Å². The third-order valence-corrected chi connectivity index (χ3v) is 2.91. The molecule has 0 fully saturated rings. The zero-order valence-electron chi connectivity index (χ0n) is 11.8. The second-order valence-corrected chi connectivity index (χ2v) is 5.06. The molecule has 0 aliphatic heterocycles. The van der Waals surface area contributed by atoms with Gasteiger partial charge in [-0.2, -0.15) is 0 Å². The number of benzene rings is 1. The number of carbonyl (C=O) groups is 1. The normalized spacial score (nSPS) is 11.2. The van der Waals surface area contributed by atoms with Crippen LogP contribution in [-0.2, 0) is 4.79 Å². The fourth-order valence-corrected chi connectivity index (χ4v) is 1.60. The van der Waals surface area contributed by atoms with Gasteiger partial charge in [0.15, 0.2) is 0 Å². The van der Waals surface area contributed by atoms with Gasteiger partial charge >= 0.3 is 0 Å². The molecule has 1 rings (SSSR count). The van der Waals surface area contributed by atoms with Crippen LogP contribution in [0.4, 0.5) is 5.69 Å². The first-order chi connectivity index (χ1) is 8.38. The maximum atomic E-state index is 12.0. The number of hydrogen-bond acceptors (Lipinski definition) is 3. The van der Waals surface area contributed by atoms with Crippen LogP contribution in [0.2, 0.25) is 0 Å². The van der Waals surface area contributed by atoms with Gasteiger partial charge in [0.2, 0.25) is 5.91 Å². The van der Waals surface area contributed by atoms with E-state index in [2.05, 4.69) is 10.6 Å². The predicted octanol–water partition coefficient (Wildman–Crippen LogP) is 2.33. The molecule has 4 heteroatoms. The zero-order chi connectivity index (χ0) is 13.8. The van der Waals surface area contributed by atoms with Gasteiger partial charge in [0.1, 0.15) is 5.75 Å². The van der Waals surface area contributed by atoms with Crippen molar-refractivity contribution in [3.63, 3.8) is 0 Å². The molecule has 0 bridgehead atoms. The molecule has 0 atom stereocenters. The Morgan fingerprint density at radius 3 is 2.61 bits per heavy atom. The van der Waals surface area contributed by atoms with Gasteiger partial charge in [-0.3, -0.25) is 4.79 Å². The molecule has 0 saturated carbocycles. The molecule has 0 aliphatic rings. The number of anilines is 1. The topological polar surface area (TPSA) is 50.4 Å². The molecule has 1 aromatic carbocycles. The molecule has 100 valence electrons. The molecule has 0 aromatic heterocycles. The highest BCUT2D eigenvalue weighted by Gasteiger charge is 2.20. The van der Waals surface area contributed by atoms with E-state index in [9.17, 15) is 4.79 Å². The number of nitrogens with one attached hydrogen (secondary N) is 2. The Labute approximate surface area is 109 Å². The minimum Gasteiger partial charge on any atom is -0.495 e. The molecule has 0 spiro atoms. The monoisotopic (exact) mass is 250 g/mol. The van der Waals surface area contributed by atoms with E-state index in [1.54, 1.807) is 7.11 Å². The fraction of sp³-hybridized carbons (Fsp3) is 0.500. The summed E-state index contributed by atoms with van der Waals surface area (Å²) >= 11 is 0. The van der Waals surface area contributed by atoms with Gasteiger partial charge < -0.3 is 15.4 Å². The van der Waals surface area contributed by atoms with Crippen molar-refractivity contribution in [3.05, 3.63) is 23.8 Å². The van der Waals surface area contributed by atoms with Crippen LogP contribution in [0, 0.1) is 6.92 Å². The number of methoxy groups -OCH3 is 1. The highest BCUT2D eigenvalue weighted by molar-refractivity contribution is 5.93. The first-order valence-corrected chi connectivity index (χ1v) is 6.01. The van der Waals surface area contributed by atoms with E-state index in [0.29, 0.717) is 12.2 Å². The lowest BCUT2D eigenvalue weighted by Gasteiger charge is -2.23. The average Bonchev–Trinajstić information content (AvgIpc) is 2.28. The van der Waals surface area contributed by atoms with E-state index in [4.69, 9.17) is 4.74 Å². The second kappa shape index (κ2) is 5.87. The molecule has 0 unspecified atom stereocenters. The SMILES string of the molecule is CNC(C)(C)CC(=O)Nc1cc(C)ccc1OC. The summed E-state index contributed by atoms with van der Waals surface area (Å²) in [5, 5.41) is 5.99. The third-order valence-electron chi connectivity index (χ3n) is 2.91. The van der Waals surface area contributed by atoms with E-state index < -0.39 is 0 Å². The molecule has 1 aromatic rings. The fourth-order valence-electron chi connectivity index (χ4n) is 1.60. The Morgan fingerprint density at radius 1 is 1.39 bits per heavy atom. The molecule has 0 radical (unpaired) electrons. The lowest BCUT2D eigenvalue weighted by molar-refractivity contribution is -0.117. The predicted molar refractivity (Wildman–Crippen MR) is 74.1 cm³/mol. The van der Waals surface area contributed by atoms with Gasteiger partial charge in [-0.1, -0.05) is 6.07 Å². The molecular weight excluding hydrogens is 228 g/mol. The average molecular weight is 250 g/mol. The van der Waals surface area contributed by atoms with Crippen molar-refractivity contribution < 1.29 is 9.53 Å². The molecule has 0 heterocycles. The van der Waals surface area contributed by atoms with Crippen molar-refractivity contribution in [1.29, 1.82) is 0 Å². The van der Waals surface area contributed by atoms with Gasteiger partial charge in [-0.05, 0) is 45.5 Å². The summed E-state index contributed by atoms with van der Waals surface area (Å²) in [6.07, 6.45) is 0.403. The summed E-state index contributed by atoms with van der Waals surface area (Å²) in [6, 6.07) is 5.71. The molecule has 2 N–H and O–H groups in total. The molecule has 1 amide bonds. The summed E-state index contributed by atoms with van der Waals surface area (Å²) in [4.78, 5) is 12.0. The number of aryl methyl sites for hydroxylation is 1. The standard InChI is InChI=1S/C14H22N2O2/c1-10-6-7-12(18-5)11(8-10)16-13(17)9-14(2,3)15-4/h6-8,15H,9H2,1-5H3,(H,16,17). The van der Waals surface area contributed by atoms with Gasteiger partial charge in [0.05, 0.1) is 12.8 Å². The maximum Gasteiger partial charge on any atom is 0.226 e. The molecular formula is C14H22N2O2. The number of rotatable bonds is 5. The first kappa shape index (κ1) is 14.5. The van der Waals surface area contributed by atoms with Gasteiger partial charge in [-0.25, -0.2) is 0 Å². The van der Waals surface area contributed by atoms with Gasteiger partial charge in [-0.15, -0.1) is 0 Å². The molecule has 4 nitrogen and oxygen atoms in total. The van der Waals surface area contributed by atoms with Crippen molar-refractivity contribution >= 4 is 11.6 Å². The van der Waals surface area contributed by atoms with Crippen LogP contribution >= 0.6 is 0 Å². The van der Waals surface area contributed by atoms with Crippen LogP contribution in [-0.4, -0.2) is 25.6 Å². The highest BCUT2D eigenvalue weighted by Crippen LogP contribution is 2.25. The molecule has 18 heavy (non-hydrogen) atoms. The third kappa shape index (κ3) is 4.04. The largest absolute Gasteiger partial charge is 0.495 e. The number of amides is 1. The first-order valence-electron chi connectivity index (χ1n) is 6.01. The lowest BCUT2D eigenvalue weighted by Crippen LogP contribution is -2.39. The van der Waals surface area contributed by atoms with E-state index in [1.165, 1.54) is 0 Å². The van der Waals surface area contributed by atoms with E-state index >= 15 is 0 Å². The van der Waals surface area contributed by atoms with Crippen LogP contribution in [0.25, 0.3) is 0 Å². The van der Waals surface area contributed by atoms with Crippen molar-refractivity contribution in [2.45, 2.75) is 32.7 Å². The Bertz CT molecular complexity index is 428. The van der Waals surface area contributed by atoms with Crippen molar-refractivity contribution in [2.24, 2.45) is 0 Å². The van der Waals surface area contributed by atoms with Crippen molar-refractivity contribution in [2.75, 3.05) is 19.5 Å². The molecule has 0 aliphatic carbocycles. The second-order valence-electron chi connectivity index (χ2n) is 5.06. The van der Waals surface area contributed by atoms with E-state index in [1.807, 2.05) is 46.0 Å². The Balaban J connectivity index is 2.78. The van der Waals surface area contributed by atoms with Gasteiger partial charge in [0.25, 0.3) is 0 Å². The number of hydrogen-bond donors (Lipinski definition) is 2. The van der Waals surface area contributed by atoms with Crippen LogP contribution in [0.5, 0.6) is 5.75 Å². The zero-order valence-corrected chi connectivity index (χ0v) is 11.8. The highest BCUT2D eigenvalue weighted by atomic mass is 16.5. The maximum absolute atomic E-state index is 12.0. The summed E-state index contributed by atoms with van der Waals surface area (Å²) in [5.74, 6) is 0.648. The summed E-state index contributed by atoms with van der Waals surface area (Å²) < 4.78 is 5.23. The van der Waals surface area contributed by atoms with Crippen LogP contribution in [0.3, 0.4) is 0 Å². The quantitative estimate of drug-likeness (QED) is 0.843. The lowest BCUT2D eigenvalue weighted by atomic mass is 10.0. The molecule has 0 saturated heterocycles. The van der Waals surface area contributed by atoms with Crippen LogP contribution in [0.1, 0.15) is 25.8 Å². The Hall–Kier alpha value is -1.55. The minimum atomic E-state index is -0.221. The summed E-state index contributed by atoms with van der Waals surface area (Å²) in [5.41, 5.74) is 1.58. The van der Waals surface area contributed by atoms with Crippen LogP contribution in [0.15, 0.2) is 18.2 Å². The van der Waals surface area contributed by atoms with Gasteiger partial charge in [0, 0.05) is 12.0 Å². The Kier molecular flexibility index (Phi) is 4.73. The van der Waals surface area contributed by atoms with Crippen LogP contribution < -0.4 is 15.4 Å². The smallest absolute Gasteiger partial charge is 0.226 e. The van der Waals surface area contributed by atoms with E-state index in [-0.39, 0.29) is 11.4 Å². The number of ether oxygens (including phenoxy) is 1. The summed E-state index contributed by atoms with van der Waals surface area (Å²) in [7, 11) is 3.44. The number of carbonyl (C=O) groups excluding carboxylic acids is 1. The summed E-state index contributed by atoms with van der Waals surface area (Å²) in [6.45, 7) is 5.95.